The van der Waals surface area contributed by atoms with E-state index in [0.717, 1.165) is 0 Å². The Morgan fingerprint density at radius 1 is 1.71 bits per heavy atom. The molecule has 0 aromatic heterocycles. The van der Waals surface area contributed by atoms with Crippen LogP contribution in [0.25, 0.3) is 0 Å². The molecular weight excluding hydrogens is 90.1 g/mol. The molecule has 3 nitrogen and oxygen atoms in total. The van der Waals surface area contributed by atoms with Crippen molar-refractivity contribution in [3.05, 3.63) is 12.4 Å². The van der Waals surface area contributed by atoms with Crippen molar-refractivity contribution >= 4 is 6.34 Å². The van der Waals surface area contributed by atoms with Gasteiger partial charge in [-0.3, -0.25) is 5.43 Å². The van der Waals surface area contributed by atoms with Gasteiger partial charge in [0, 0.05) is 19.4 Å². The fourth-order valence-electron chi connectivity index (χ4n) is 0.357. The topological polar surface area (TPSA) is 27.6 Å². The summed E-state index contributed by atoms with van der Waals surface area (Å²) in [4.78, 5) is 1.86. The van der Waals surface area contributed by atoms with Crippen molar-refractivity contribution in [2.24, 2.45) is 5.10 Å². The number of nitrogens with zero attached hydrogens (tertiary/aromatic N) is 2. The van der Waals surface area contributed by atoms with E-state index in [-0.39, 0.29) is 0 Å². The van der Waals surface area contributed by atoms with Crippen LogP contribution < -0.4 is 5.43 Å². The number of hydrogen-bond acceptors (Lipinski definition) is 3. The Balaban J connectivity index is 2.49. The molecule has 0 amide bonds. The second-order valence-corrected chi connectivity index (χ2v) is 1.35. The van der Waals surface area contributed by atoms with Gasteiger partial charge in [0.15, 0.2) is 0 Å². The van der Waals surface area contributed by atoms with Gasteiger partial charge in [0.05, 0.1) is 0 Å². The molecule has 0 atom stereocenters. The lowest BCUT2D eigenvalue weighted by molar-refractivity contribution is 0.668. The molecule has 0 spiro atoms. The van der Waals surface area contributed by atoms with Gasteiger partial charge in [0.1, 0.15) is 6.34 Å². The lowest BCUT2D eigenvalue weighted by atomic mass is 10.8. The Bertz CT molecular complexity index is 93.5. The molecule has 0 radical (unpaired) electrons. The van der Waals surface area contributed by atoms with E-state index in [2.05, 4.69) is 10.5 Å². The average molecular weight is 97.1 g/mol. The van der Waals surface area contributed by atoms with Crippen LogP contribution in [-0.2, 0) is 0 Å². The maximum absolute atomic E-state index is 3.72. The van der Waals surface area contributed by atoms with E-state index in [4.69, 9.17) is 0 Å². The summed E-state index contributed by atoms with van der Waals surface area (Å²) in [6, 6.07) is 0. The highest BCUT2D eigenvalue weighted by Crippen LogP contribution is 1.80. The summed E-state index contributed by atoms with van der Waals surface area (Å²) >= 11 is 0. The summed E-state index contributed by atoms with van der Waals surface area (Å²) in [5, 5.41) is 3.72. The van der Waals surface area contributed by atoms with Gasteiger partial charge < -0.3 is 4.90 Å². The van der Waals surface area contributed by atoms with Crippen LogP contribution in [0.2, 0.25) is 0 Å². The Morgan fingerprint density at radius 2 is 2.57 bits per heavy atom. The minimum Gasteiger partial charge on any atom is -0.339 e. The van der Waals surface area contributed by atoms with Gasteiger partial charge in [-0.1, -0.05) is 0 Å². The van der Waals surface area contributed by atoms with E-state index in [0.29, 0.717) is 0 Å². The zero-order chi connectivity index (χ0) is 5.11. The molecule has 1 aliphatic heterocycles. The summed E-state index contributed by atoms with van der Waals surface area (Å²) in [5.74, 6) is 0. The van der Waals surface area contributed by atoms with Crippen molar-refractivity contribution in [1.29, 1.82) is 0 Å². The predicted molar refractivity (Wildman–Crippen MR) is 28.5 cm³/mol. The fourth-order valence-corrected chi connectivity index (χ4v) is 0.357. The summed E-state index contributed by atoms with van der Waals surface area (Å²) in [6.07, 6.45) is 5.34. The monoisotopic (exact) mass is 97.1 g/mol. The molecule has 0 aromatic rings. The first-order chi connectivity index (χ1) is 3.39. The maximum Gasteiger partial charge on any atom is 0.115 e. The third kappa shape index (κ3) is 0.924. The third-order valence-corrected chi connectivity index (χ3v) is 0.699. The second kappa shape index (κ2) is 1.64. The highest BCUT2D eigenvalue weighted by atomic mass is 15.3. The standard InChI is InChI=1S/C4H7N3/c1-7-3-2-5-6-4-7/h2-5H,1H3. The van der Waals surface area contributed by atoms with E-state index in [1.165, 1.54) is 0 Å². The molecule has 0 bridgehead atoms. The third-order valence-electron chi connectivity index (χ3n) is 0.699. The molecular formula is C4H7N3. The van der Waals surface area contributed by atoms with Crippen molar-refractivity contribution in [2.75, 3.05) is 7.05 Å². The van der Waals surface area contributed by atoms with Crippen LogP contribution in [0.15, 0.2) is 17.5 Å². The van der Waals surface area contributed by atoms with Gasteiger partial charge in [-0.25, -0.2) is 0 Å². The smallest absolute Gasteiger partial charge is 0.115 e. The van der Waals surface area contributed by atoms with Gasteiger partial charge in [0.25, 0.3) is 0 Å². The largest absolute Gasteiger partial charge is 0.339 e. The van der Waals surface area contributed by atoms with Crippen LogP contribution in [-0.4, -0.2) is 18.3 Å². The van der Waals surface area contributed by atoms with Crippen molar-refractivity contribution in [1.82, 2.24) is 10.3 Å². The molecule has 1 N–H and O–H groups in total. The molecule has 0 unspecified atom stereocenters. The van der Waals surface area contributed by atoms with Crippen LogP contribution in [0.1, 0.15) is 0 Å². The highest BCUT2D eigenvalue weighted by molar-refractivity contribution is 5.56. The van der Waals surface area contributed by atoms with Gasteiger partial charge in [-0.05, 0) is 0 Å². The molecule has 1 heterocycles. The molecule has 38 valence electrons. The average Bonchev–Trinajstić information content (AvgIpc) is 1.69. The van der Waals surface area contributed by atoms with Gasteiger partial charge in [0.2, 0.25) is 0 Å². The lowest BCUT2D eigenvalue weighted by Crippen LogP contribution is -2.15. The van der Waals surface area contributed by atoms with Crippen LogP contribution in [0.3, 0.4) is 0 Å². The van der Waals surface area contributed by atoms with Gasteiger partial charge in [-0.15, -0.1) is 0 Å². The predicted octanol–water partition coefficient (Wildman–Crippen LogP) is -0.0641. The van der Waals surface area contributed by atoms with Crippen molar-refractivity contribution in [2.45, 2.75) is 0 Å². The Morgan fingerprint density at radius 3 is 2.86 bits per heavy atom. The summed E-state index contributed by atoms with van der Waals surface area (Å²) in [7, 11) is 1.92. The van der Waals surface area contributed by atoms with Crippen molar-refractivity contribution < 1.29 is 0 Å². The van der Waals surface area contributed by atoms with Crippen LogP contribution in [0, 0.1) is 0 Å². The van der Waals surface area contributed by atoms with Crippen LogP contribution >= 0.6 is 0 Å². The SMILES string of the molecule is CN1C=CNN=C1. The second-order valence-electron chi connectivity index (χ2n) is 1.35. The Labute approximate surface area is 42.3 Å². The summed E-state index contributed by atoms with van der Waals surface area (Å²) in [5.41, 5.74) is 2.66. The van der Waals surface area contributed by atoms with Crippen LogP contribution in [0.4, 0.5) is 0 Å². The number of hydrogen-bond donors (Lipinski definition) is 1. The minimum absolute atomic E-state index is 1.69. The first-order valence-electron chi connectivity index (χ1n) is 2.07. The lowest BCUT2D eigenvalue weighted by Gasteiger charge is -2.08. The minimum atomic E-state index is 1.69. The zero-order valence-electron chi connectivity index (χ0n) is 4.13. The molecule has 3 heteroatoms. The van der Waals surface area contributed by atoms with E-state index >= 15 is 0 Å². The maximum atomic E-state index is 3.72. The molecule has 0 aliphatic carbocycles. The highest BCUT2D eigenvalue weighted by Gasteiger charge is 1.84. The zero-order valence-corrected chi connectivity index (χ0v) is 4.13. The number of rotatable bonds is 0. The van der Waals surface area contributed by atoms with E-state index in [9.17, 15) is 0 Å². The van der Waals surface area contributed by atoms with Gasteiger partial charge in [-0.2, -0.15) is 5.10 Å². The first-order valence-corrected chi connectivity index (χ1v) is 2.07. The van der Waals surface area contributed by atoms with Gasteiger partial charge >= 0.3 is 0 Å². The fraction of sp³-hybridized carbons (Fsp3) is 0.250. The number of hydrazone groups is 1. The first kappa shape index (κ1) is 4.18. The molecule has 1 aliphatic rings. The Hall–Kier alpha value is -0.990. The summed E-state index contributed by atoms with van der Waals surface area (Å²) < 4.78 is 0. The molecule has 0 saturated carbocycles. The molecule has 0 aromatic carbocycles. The van der Waals surface area contributed by atoms with Crippen molar-refractivity contribution in [3.8, 4) is 0 Å². The Kier molecular flexibility index (Phi) is 0.978. The molecule has 0 saturated heterocycles. The van der Waals surface area contributed by atoms with Crippen LogP contribution in [0.5, 0.6) is 0 Å². The molecule has 1 rings (SSSR count). The number of nitrogens with one attached hydrogen (secondary N) is 1. The summed E-state index contributed by atoms with van der Waals surface area (Å²) in [6.45, 7) is 0. The van der Waals surface area contributed by atoms with E-state index in [1.54, 1.807) is 12.5 Å². The normalized spacial score (nSPS) is 17.0. The van der Waals surface area contributed by atoms with E-state index < -0.39 is 0 Å². The molecule has 7 heavy (non-hydrogen) atoms. The van der Waals surface area contributed by atoms with E-state index in [1.807, 2.05) is 18.1 Å². The molecule has 0 fully saturated rings. The quantitative estimate of drug-likeness (QED) is 0.458. The van der Waals surface area contributed by atoms with Crippen molar-refractivity contribution in [3.63, 3.8) is 0 Å².